The van der Waals surface area contributed by atoms with Gasteiger partial charge in [-0.15, -0.1) is 11.8 Å². The van der Waals surface area contributed by atoms with Crippen LogP contribution in [-0.4, -0.2) is 11.7 Å². The average molecular weight is 418 g/mol. The molecule has 1 atom stereocenters. The zero-order valence-corrected chi connectivity index (χ0v) is 16.0. The topological polar surface area (TPSA) is 29.5 Å². The highest BCUT2D eigenvalue weighted by Gasteiger charge is 2.34. The molecule has 7 heteroatoms. The van der Waals surface area contributed by atoms with Crippen molar-refractivity contribution in [1.82, 2.24) is 0 Å². The van der Waals surface area contributed by atoms with Crippen molar-refractivity contribution in [2.24, 2.45) is 0 Å². The second-order valence-corrected chi connectivity index (χ2v) is 7.66. The predicted molar refractivity (Wildman–Crippen MR) is 107 cm³/mol. The summed E-state index contributed by atoms with van der Waals surface area (Å²) in [6.07, 6.45) is 0. The van der Waals surface area contributed by atoms with Gasteiger partial charge in [-0.2, -0.15) is 0 Å². The molecule has 3 aromatic rings. The number of thioether (sulfide) groups is 1. The number of carbonyl (C=O) groups is 1. The Morgan fingerprint density at radius 2 is 1.57 bits per heavy atom. The Bertz CT molecular complexity index is 1010. The van der Waals surface area contributed by atoms with Gasteiger partial charge >= 0.3 is 0 Å². The van der Waals surface area contributed by atoms with E-state index in [0.29, 0.717) is 27.8 Å². The van der Waals surface area contributed by atoms with Crippen molar-refractivity contribution in [3.05, 3.63) is 89.0 Å². The molecule has 28 heavy (non-hydrogen) atoms. The van der Waals surface area contributed by atoms with Crippen molar-refractivity contribution in [2.45, 2.75) is 5.37 Å². The van der Waals surface area contributed by atoms with Gasteiger partial charge in [-0.05, 0) is 66.2 Å². The molecule has 0 radical (unpaired) electrons. The summed E-state index contributed by atoms with van der Waals surface area (Å²) >= 11 is 7.24. The molecule has 0 aromatic heterocycles. The van der Waals surface area contributed by atoms with E-state index in [2.05, 4.69) is 0 Å². The normalized spacial score (nSPS) is 16.5. The number of ether oxygens (including phenoxy) is 1. The van der Waals surface area contributed by atoms with E-state index in [1.807, 2.05) is 0 Å². The van der Waals surface area contributed by atoms with Crippen molar-refractivity contribution in [3.63, 3.8) is 0 Å². The van der Waals surface area contributed by atoms with Gasteiger partial charge in [-0.25, -0.2) is 8.78 Å². The molecule has 1 heterocycles. The summed E-state index contributed by atoms with van der Waals surface area (Å²) in [5, 5.41) is 0.210. The molecule has 1 aliphatic rings. The maximum absolute atomic E-state index is 13.6. The summed E-state index contributed by atoms with van der Waals surface area (Å²) < 4.78 is 32.6. The lowest BCUT2D eigenvalue weighted by Gasteiger charge is -2.24. The van der Waals surface area contributed by atoms with E-state index in [1.54, 1.807) is 53.4 Å². The standard InChI is InChI=1S/C21H14ClF2NO2S/c22-14-2-6-16(7-3-14)27-17-8-4-15(5-9-17)25-20(26)12-28-21(25)13-1-10-18(23)19(24)11-13/h1-11,21H,12H2/t21-/m1/s1. The van der Waals surface area contributed by atoms with Crippen LogP contribution in [0.5, 0.6) is 11.5 Å². The third-order valence-corrected chi connectivity index (χ3v) is 5.73. The third-order valence-electron chi connectivity index (χ3n) is 4.26. The highest BCUT2D eigenvalue weighted by Crippen LogP contribution is 2.42. The Hall–Kier alpha value is -2.57. The second-order valence-electron chi connectivity index (χ2n) is 6.15. The average Bonchev–Trinajstić information content (AvgIpc) is 3.08. The van der Waals surface area contributed by atoms with Crippen LogP contribution in [0.4, 0.5) is 14.5 Å². The minimum atomic E-state index is -0.927. The van der Waals surface area contributed by atoms with Gasteiger partial charge < -0.3 is 4.74 Å². The summed E-state index contributed by atoms with van der Waals surface area (Å²) in [5.74, 6) is -0.407. The molecule has 0 unspecified atom stereocenters. The molecule has 0 aliphatic carbocycles. The van der Waals surface area contributed by atoms with Crippen molar-refractivity contribution in [1.29, 1.82) is 0 Å². The van der Waals surface area contributed by atoms with Crippen LogP contribution in [-0.2, 0) is 4.79 Å². The number of anilines is 1. The van der Waals surface area contributed by atoms with E-state index >= 15 is 0 Å². The first kappa shape index (κ1) is 18.8. The lowest BCUT2D eigenvalue weighted by Crippen LogP contribution is -2.27. The number of hydrogen-bond donors (Lipinski definition) is 0. The first-order valence-corrected chi connectivity index (χ1v) is 9.86. The smallest absolute Gasteiger partial charge is 0.238 e. The Morgan fingerprint density at radius 3 is 2.21 bits per heavy atom. The Labute approximate surface area is 169 Å². The van der Waals surface area contributed by atoms with Crippen molar-refractivity contribution >= 4 is 35.0 Å². The maximum Gasteiger partial charge on any atom is 0.238 e. The molecule has 1 aliphatic heterocycles. The van der Waals surface area contributed by atoms with Gasteiger partial charge in [-0.1, -0.05) is 17.7 Å². The predicted octanol–water partition coefficient (Wildman–Crippen LogP) is 6.19. The molecule has 0 saturated carbocycles. The van der Waals surface area contributed by atoms with Crippen LogP contribution < -0.4 is 9.64 Å². The van der Waals surface area contributed by atoms with Crippen molar-refractivity contribution < 1.29 is 18.3 Å². The van der Waals surface area contributed by atoms with Crippen LogP contribution in [0.3, 0.4) is 0 Å². The molecule has 0 spiro atoms. The number of benzene rings is 3. The SMILES string of the molecule is O=C1CS[C@H](c2ccc(F)c(F)c2)N1c1ccc(Oc2ccc(Cl)cc2)cc1. The van der Waals surface area contributed by atoms with Gasteiger partial charge in [0.05, 0.1) is 5.75 Å². The maximum atomic E-state index is 13.6. The lowest BCUT2D eigenvalue weighted by molar-refractivity contribution is -0.115. The van der Waals surface area contributed by atoms with Crippen molar-refractivity contribution in [2.75, 3.05) is 10.7 Å². The largest absolute Gasteiger partial charge is 0.457 e. The van der Waals surface area contributed by atoms with Crippen molar-refractivity contribution in [3.8, 4) is 11.5 Å². The molecule has 142 valence electrons. The van der Waals surface area contributed by atoms with E-state index in [1.165, 1.54) is 17.8 Å². The fourth-order valence-electron chi connectivity index (χ4n) is 2.93. The van der Waals surface area contributed by atoms with E-state index < -0.39 is 17.0 Å². The lowest BCUT2D eigenvalue weighted by atomic mass is 10.1. The highest BCUT2D eigenvalue weighted by atomic mass is 35.5. The molecule has 4 rings (SSSR count). The van der Waals surface area contributed by atoms with Crippen LogP contribution >= 0.6 is 23.4 Å². The van der Waals surface area contributed by atoms with E-state index in [9.17, 15) is 13.6 Å². The Morgan fingerprint density at radius 1 is 0.929 bits per heavy atom. The summed E-state index contributed by atoms with van der Waals surface area (Å²) in [7, 11) is 0. The monoisotopic (exact) mass is 417 g/mol. The zero-order valence-electron chi connectivity index (χ0n) is 14.4. The molecule has 1 fully saturated rings. The molecule has 1 amide bonds. The van der Waals surface area contributed by atoms with Crippen LogP contribution in [0.1, 0.15) is 10.9 Å². The fraction of sp³-hybridized carbons (Fsp3) is 0.0952. The first-order valence-electron chi connectivity index (χ1n) is 8.43. The number of rotatable bonds is 4. The summed E-state index contributed by atoms with van der Waals surface area (Å²) in [4.78, 5) is 14.0. The molecule has 3 nitrogen and oxygen atoms in total. The van der Waals surface area contributed by atoms with Gasteiger partial charge in [0.25, 0.3) is 0 Å². The van der Waals surface area contributed by atoms with Gasteiger partial charge in [-0.3, -0.25) is 9.69 Å². The zero-order chi connectivity index (χ0) is 19.7. The number of nitrogens with zero attached hydrogens (tertiary/aromatic N) is 1. The van der Waals surface area contributed by atoms with E-state index in [-0.39, 0.29) is 11.7 Å². The summed E-state index contributed by atoms with van der Waals surface area (Å²) in [6, 6.07) is 17.7. The Kier molecular flexibility index (Phi) is 5.24. The molecular weight excluding hydrogens is 404 g/mol. The van der Waals surface area contributed by atoms with Gasteiger partial charge in [0.15, 0.2) is 11.6 Å². The molecular formula is C21H14ClF2NO2S. The molecule has 3 aromatic carbocycles. The molecule has 0 N–H and O–H groups in total. The second kappa shape index (κ2) is 7.81. The highest BCUT2D eigenvalue weighted by molar-refractivity contribution is 8.00. The van der Waals surface area contributed by atoms with E-state index in [0.717, 1.165) is 12.1 Å². The van der Waals surface area contributed by atoms with Gasteiger partial charge in [0, 0.05) is 10.7 Å². The number of hydrogen-bond acceptors (Lipinski definition) is 3. The van der Waals surface area contributed by atoms with Crippen LogP contribution in [0.25, 0.3) is 0 Å². The van der Waals surface area contributed by atoms with Gasteiger partial charge in [0.1, 0.15) is 16.9 Å². The minimum Gasteiger partial charge on any atom is -0.457 e. The van der Waals surface area contributed by atoms with Gasteiger partial charge in [0.2, 0.25) is 5.91 Å². The fourth-order valence-corrected chi connectivity index (χ4v) is 4.22. The summed E-state index contributed by atoms with van der Waals surface area (Å²) in [6.45, 7) is 0. The molecule has 0 bridgehead atoms. The number of carbonyl (C=O) groups excluding carboxylic acids is 1. The van der Waals surface area contributed by atoms with Crippen LogP contribution in [0, 0.1) is 11.6 Å². The van der Waals surface area contributed by atoms with Crippen LogP contribution in [0.2, 0.25) is 5.02 Å². The molecule has 1 saturated heterocycles. The quantitative estimate of drug-likeness (QED) is 0.507. The number of halogens is 3. The minimum absolute atomic E-state index is 0.0916. The number of amides is 1. The first-order chi connectivity index (χ1) is 13.5. The van der Waals surface area contributed by atoms with Crippen LogP contribution in [0.15, 0.2) is 66.7 Å². The Balaban J connectivity index is 1.56. The van der Waals surface area contributed by atoms with E-state index in [4.69, 9.17) is 16.3 Å². The third kappa shape index (κ3) is 3.84. The summed E-state index contributed by atoms with van der Waals surface area (Å²) in [5.41, 5.74) is 1.20.